The van der Waals surface area contributed by atoms with E-state index in [1.165, 1.54) is 4.88 Å². The molecular weight excluding hydrogens is 420 g/mol. The highest BCUT2D eigenvalue weighted by atomic mass is 32.1. The van der Waals surface area contributed by atoms with E-state index in [-0.39, 0.29) is 17.7 Å². The SMILES string of the molecule is Cc1cc(C(=O)Nc2ccccc2CN2CCCC(C(N)=O)C2)c(C)n1Cc1cccs1. The standard InChI is InChI=1S/C25H30N4O2S/c1-17-13-22(18(2)29(17)16-21-9-6-12-32-21)25(31)27-23-10-4-3-7-19(23)14-28-11-5-8-20(15-28)24(26)30/h3-4,6-7,9-10,12-13,20H,5,8,11,14-16H2,1-2H3,(H2,26,30)(H,27,31). The number of rotatable bonds is 7. The van der Waals surface area contributed by atoms with Crippen LogP contribution < -0.4 is 11.1 Å². The number of carbonyl (C=O) groups excluding carboxylic acids is 2. The maximum absolute atomic E-state index is 13.2. The molecule has 1 unspecified atom stereocenters. The third-order valence-corrected chi connectivity index (χ3v) is 7.14. The summed E-state index contributed by atoms with van der Waals surface area (Å²) in [5.41, 5.74) is 10.1. The van der Waals surface area contributed by atoms with Crippen molar-refractivity contribution >= 4 is 28.8 Å². The maximum Gasteiger partial charge on any atom is 0.257 e. The average Bonchev–Trinajstić information content (AvgIpc) is 3.39. The van der Waals surface area contributed by atoms with Crippen LogP contribution in [-0.2, 0) is 17.9 Å². The summed E-state index contributed by atoms with van der Waals surface area (Å²) in [6.45, 7) is 7.08. The number of piperidine rings is 1. The van der Waals surface area contributed by atoms with Gasteiger partial charge in [0.15, 0.2) is 0 Å². The van der Waals surface area contributed by atoms with E-state index < -0.39 is 0 Å². The Balaban J connectivity index is 1.49. The molecule has 1 aliphatic heterocycles. The van der Waals surface area contributed by atoms with Gasteiger partial charge in [0.05, 0.1) is 18.0 Å². The molecule has 0 aliphatic carbocycles. The quantitative estimate of drug-likeness (QED) is 0.567. The molecular formula is C25H30N4O2S. The molecule has 32 heavy (non-hydrogen) atoms. The van der Waals surface area contributed by atoms with Gasteiger partial charge in [-0.05, 0) is 62.4 Å². The highest BCUT2D eigenvalue weighted by Gasteiger charge is 2.24. The molecule has 1 aliphatic rings. The van der Waals surface area contributed by atoms with Gasteiger partial charge in [-0.25, -0.2) is 0 Å². The van der Waals surface area contributed by atoms with E-state index >= 15 is 0 Å². The zero-order valence-corrected chi connectivity index (χ0v) is 19.5. The number of hydrogen-bond donors (Lipinski definition) is 2. The number of aromatic nitrogens is 1. The number of hydrogen-bond acceptors (Lipinski definition) is 4. The Morgan fingerprint density at radius 1 is 1.16 bits per heavy atom. The molecule has 2 aromatic heterocycles. The molecule has 0 bridgehead atoms. The molecule has 4 rings (SSSR count). The van der Waals surface area contributed by atoms with Crippen LogP contribution in [-0.4, -0.2) is 34.4 Å². The van der Waals surface area contributed by atoms with Crippen LogP contribution in [0, 0.1) is 19.8 Å². The zero-order chi connectivity index (χ0) is 22.7. The molecule has 0 radical (unpaired) electrons. The summed E-state index contributed by atoms with van der Waals surface area (Å²) in [4.78, 5) is 28.3. The van der Waals surface area contributed by atoms with Crippen LogP contribution in [0.4, 0.5) is 5.69 Å². The van der Waals surface area contributed by atoms with E-state index in [1.807, 2.05) is 50.2 Å². The van der Waals surface area contributed by atoms with E-state index in [0.29, 0.717) is 18.7 Å². The highest BCUT2D eigenvalue weighted by Crippen LogP contribution is 2.24. The number of para-hydroxylation sites is 1. The molecule has 2 amide bonds. The summed E-state index contributed by atoms with van der Waals surface area (Å²) >= 11 is 1.72. The first-order chi connectivity index (χ1) is 15.4. The third kappa shape index (κ3) is 4.95. The minimum Gasteiger partial charge on any atom is -0.369 e. The molecule has 3 aromatic rings. The van der Waals surface area contributed by atoms with Gasteiger partial charge in [0.2, 0.25) is 5.91 Å². The highest BCUT2D eigenvalue weighted by molar-refractivity contribution is 7.09. The summed E-state index contributed by atoms with van der Waals surface area (Å²) in [5.74, 6) is -0.426. The first-order valence-electron chi connectivity index (χ1n) is 11.0. The zero-order valence-electron chi connectivity index (χ0n) is 18.6. The number of nitrogens with zero attached hydrogens (tertiary/aromatic N) is 2. The number of thiophene rings is 1. The van der Waals surface area contributed by atoms with Crippen molar-refractivity contribution < 1.29 is 9.59 Å². The Labute approximate surface area is 193 Å². The molecule has 3 N–H and O–H groups in total. The molecule has 1 atom stereocenters. The lowest BCUT2D eigenvalue weighted by atomic mass is 9.97. The first kappa shape index (κ1) is 22.3. The molecule has 168 valence electrons. The van der Waals surface area contributed by atoms with Crippen LogP contribution in [0.2, 0.25) is 0 Å². The van der Waals surface area contributed by atoms with Gasteiger partial charge in [0.1, 0.15) is 0 Å². The summed E-state index contributed by atoms with van der Waals surface area (Å²) < 4.78 is 2.18. The molecule has 3 heterocycles. The van der Waals surface area contributed by atoms with E-state index in [9.17, 15) is 9.59 Å². The van der Waals surface area contributed by atoms with Crippen molar-refractivity contribution in [2.75, 3.05) is 18.4 Å². The van der Waals surface area contributed by atoms with Crippen molar-refractivity contribution in [2.24, 2.45) is 11.7 Å². The number of primary amides is 1. The summed E-state index contributed by atoms with van der Waals surface area (Å²) in [6.07, 6.45) is 1.81. The number of benzene rings is 1. The van der Waals surface area contributed by atoms with Gasteiger partial charge in [0, 0.05) is 35.0 Å². The molecule has 1 fully saturated rings. The molecule has 1 saturated heterocycles. The Morgan fingerprint density at radius 2 is 1.97 bits per heavy atom. The number of aryl methyl sites for hydroxylation is 1. The van der Waals surface area contributed by atoms with Gasteiger partial charge in [-0.2, -0.15) is 0 Å². The Morgan fingerprint density at radius 3 is 2.72 bits per heavy atom. The smallest absolute Gasteiger partial charge is 0.257 e. The molecule has 0 spiro atoms. The van der Waals surface area contributed by atoms with Gasteiger partial charge in [0.25, 0.3) is 5.91 Å². The normalized spacial score (nSPS) is 16.8. The minimum atomic E-state index is -0.228. The van der Waals surface area contributed by atoms with Gasteiger partial charge < -0.3 is 15.6 Å². The third-order valence-electron chi connectivity index (χ3n) is 6.28. The predicted octanol–water partition coefficient (Wildman–Crippen LogP) is 4.16. The Kier molecular flexibility index (Phi) is 6.77. The van der Waals surface area contributed by atoms with Gasteiger partial charge in [-0.1, -0.05) is 24.3 Å². The van der Waals surface area contributed by atoms with Crippen molar-refractivity contribution in [3.05, 3.63) is 75.2 Å². The predicted molar refractivity (Wildman–Crippen MR) is 129 cm³/mol. The maximum atomic E-state index is 13.2. The van der Waals surface area contributed by atoms with Gasteiger partial charge in [-0.15, -0.1) is 11.3 Å². The summed E-state index contributed by atoms with van der Waals surface area (Å²) in [5, 5.41) is 5.19. The van der Waals surface area contributed by atoms with Crippen LogP contribution in [0.3, 0.4) is 0 Å². The number of nitrogens with one attached hydrogen (secondary N) is 1. The fraction of sp³-hybridized carbons (Fsp3) is 0.360. The number of likely N-dealkylation sites (tertiary alicyclic amines) is 1. The largest absolute Gasteiger partial charge is 0.369 e. The van der Waals surface area contributed by atoms with E-state index in [0.717, 1.165) is 48.6 Å². The monoisotopic (exact) mass is 450 g/mol. The first-order valence-corrected chi connectivity index (χ1v) is 11.9. The lowest BCUT2D eigenvalue weighted by molar-refractivity contribution is -0.123. The fourth-order valence-corrected chi connectivity index (χ4v) is 5.17. The topological polar surface area (TPSA) is 80.4 Å². The lowest BCUT2D eigenvalue weighted by Gasteiger charge is -2.31. The Bertz CT molecular complexity index is 1100. The van der Waals surface area contributed by atoms with Crippen LogP contribution in [0.5, 0.6) is 0 Å². The van der Waals surface area contributed by atoms with Gasteiger partial charge >= 0.3 is 0 Å². The van der Waals surface area contributed by atoms with Crippen molar-refractivity contribution in [3.63, 3.8) is 0 Å². The number of amides is 2. The van der Waals surface area contributed by atoms with E-state index in [4.69, 9.17) is 5.73 Å². The van der Waals surface area contributed by atoms with Crippen LogP contribution in [0.15, 0.2) is 47.8 Å². The summed E-state index contributed by atoms with van der Waals surface area (Å²) in [7, 11) is 0. The second-order valence-corrected chi connectivity index (χ2v) is 9.57. The molecule has 7 heteroatoms. The van der Waals surface area contributed by atoms with Crippen LogP contribution >= 0.6 is 11.3 Å². The second kappa shape index (κ2) is 9.71. The summed E-state index contributed by atoms with van der Waals surface area (Å²) in [6, 6.07) is 14.0. The lowest BCUT2D eigenvalue weighted by Crippen LogP contribution is -2.40. The molecule has 1 aromatic carbocycles. The van der Waals surface area contributed by atoms with E-state index in [2.05, 4.69) is 26.2 Å². The van der Waals surface area contributed by atoms with Crippen LogP contribution in [0.25, 0.3) is 0 Å². The fourth-order valence-electron chi connectivity index (χ4n) is 4.47. The molecule has 0 saturated carbocycles. The Hall–Kier alpha value is -2.90. The number of carbonyl (C=O) groups is 2. The van der Waals surface area contributed by atoms with E-state index in [1.54, 1.807) is 11.3 Å². The van der Waals surface area contributed by atoms with Crippen molar-refractivity contribution in [1.82, 2.24) is 9.47 Å². The average molecular weight is 451 g/mol. The number of nitrogens with two attached hydrogens (primary N) is 1. The second-order valence-electron chi connectivity index (χ2n) is 8.54. The van der Waals surface area contributed by atoms with Crippen molar-refractivity contribution in [2.45, 2.75) is 39.8 Å². The number of anilines is 1. The van der Waals surface area contributed by atoms with Crippen molar-refractivity contribution in [3.8, 4) is 0 Å². The molecule has 6 nitrogen and oxygen atoms in total. The van der Waals surface area contributed by atoms with Crippen LogP contribution in [0.1, 0.15) is 45.0 Å². The van der Waals surface area contributed by atoms with Crippen molar-refractivity contribution in [1.29, 1.82) is 0 Å². The minimum absolute atomic E-state index is 0.0979. The van der Waals surface area contributed by atoms with Gasteiger partial charge in [-0.3, -0.25) is 14.5 Å².